The van der Waals surface area contributed by atoms with Crippen molar-refractivity contribution in [2.45, 2.75) is 37.5 Å². The van der Waals surface area contributed by atoms with Gasteiger partial charge < -0.3 is 20.1 Å². The van der Waals surface area contributed by atoms with Crippen LogP contribution in [0.1, 0.15) is 19.3 Å². The molecular formula is C24H25ClFN5O3. The van der Waals surface area contributed by atoms with E-state index in [1.165, 1.54) is 12.4 Å². The van der Waals surface area contributed by atoms with Crippen molar-refractivity contribution in [2.75, 3.05) is 26.0 Å². The Bertz CT molecular complexity index is 1240. The summed E-state index contributed by atoms with van der Waals surface area (Å²) >= 11 is 5.92. The van der Waals surface area contributed by atoms with Crippen LogP contribution in [0, 0.1) is 5.82 Å². The molecule has 1 aromatic heterocycles. The molecule has 2 aliphatic rings. The highest BCUT2D eigenvalue weighted by molar-refractivity contribution is 6.31. The molecule has 2 aromatic carbocycles. The average Bonchev–Trinajstić information content (AvgIpc) is 3.56. The first-order chi connectivity index (χ1) is 16.4. The smallest absolute Gasteiger partial charge is 0.237 e. The van der Waals surface area contributed by atoms with Gasteiger partial charge in [0.25, 0.3) is 0 Å². The molecule has 0 spiro atoms. The summed E-state index contributed by atoms with van der Waals surface area (Å²) in [5, 5.41) is 6.72. The number of ether oxygens (including phenoxy) is 2. The fraction of sp³-hybridized carbons (Fsp3) is 0.375. The lowest BCUT2D eigenvalue weighted by Crippen LogP contribution is -2.42. The number of carbonyl (C=O) groups excluding carboxylic acids is 1. The Kier molecular flexibility index (Phi) is 6.14. The fourth-order valence-corrected chi connectivity index (χ4v) is 4.37. The number of hydrogen-bond donors (Lipinski definition) is 2. The number of halogens is 2. The number of rotatable bonds is 7. The minimum Gasteiger partial charge on any atom is -0.493 e. The first-order valence-electron chi connectivity index (χ1n) is 11.1. The molecule has 1 saturated carbocycles. The van der Waals surface area contributed by atoms with Crippen LogP contribution in [0.15, 0.2) is 36.7 Å². The molecule has 0 bridgehead atoms. The maximum absolute atomic E-state index is 14.5. The van der Waals surface area contributed by atoms with Gasteiger partial charge >= 0.3 is 0 Å². The monoisotopic (exact) mass is 485 g/mol. The van der Waals surface area contributed by atoms with E-state index in [2.05, 4.69) is 20.6 Å². The van der Waals surface area contributed by atoms with Crippen molar-refractivity contribution in [1.82, 2.24) is 20.2 Å². The molecule has 1 aliphatic carbocycles. The van der Waals surface area contributed by atoms with Gasteiger partial charge in [0.1, 0.15) is 18.2 Å². The third kappa shape index (κ3) is 4.58. The molecule has 1 amide bonds. The second-order valence-electron chi connectivity index (χ2n) is 8.68. The highest BCUT2D eigenvalue weighted by Gasteiger charge is 2.38. The molecule has 8 nitrogen and oxygen atoms in total. The number of fused-ring (bicyclic) bond motifs is 1. The predicted molar refractivity (Wildman–Crippen MR) is 127 cm³/mol. The molecule has 2 N–H and O–H groups in total. The molecule has 2 heterocycles. The van der Waals surface area contributed by atoms with E-state index in [4.69, 9.17) is 21.1 Å². The maximum atomic E-state index is 14.5. The number of likely N-dealkylation sites (tertiary alicyclic amines) is 1. The molecular weight excluding hydrogens is 461 g/mol. The zero-order valence-corrected chi connectivity index (χ0v) is 19.6. The van der Waals surface area contributed by atoms with Crippen LogP contribution in [0.3, 0.4) is 0 Å². The molecule has 10 heteroatoms. The number of nitrogens with one attached hydrogen (secondary N) is 2. The van der Waals surface area contributed by atoms with Gasteiger partial charge in [0.05, 0.1) is 29.4 Å². The Morgan fingerprint density at radius 1 is 1.24 bits per heavy atom. The number of methoxy groups -OCH3 is 1. The van der Waals surface area contributed by atoms with Crippen molar-refractivity contribution in [3.8, 4) is 11.5 Å². The molecule has 3 aromatic rings. The van der Waals surface area contributed by atoms with E-state index < -0.39 is 5.82 Å². The summed E-state index contributed by atoms with van der Waals surface area (Å²) in [4.78, 5) is 23.2. The van der Waals surface area contributed by atoms with E-state index in [0.29, 0.717) is 47.2 Å². The number of aromatic nitrogens is 2. The van der Waals surface area contributed by atoms with Crippen LogP contribution in [0.2, 0.25) is 5.02 Å². The van der Waals surface area contributed by atoms with E-state index >= 15 is 0 Å². The Labute approximate surface area is 201 Å². The number of benzene rings is 2. The van der Waals surface area contributed by atoms with Crippen molar-refractivity contribution in [3.63, 3.8) is 0 Å². The number of likely N-dealkylation sites (N-methyl/N-ethyl adjacent to an activating group) is 1. The summed E-state index contributed by atoms with van der Waals surface area (Å²) in [5.74, 6) is 0.903. The largest absolute Gasteiger partial charge is 0.493 e. The fourth-order valence-electron chi connectivity index (χ4n) is 4.19. The van der Waals surface area contributed by atoms with Gasteiger partial charge in [-0.2, -0.15) is 0 Å². The Morgan fingerprint density at radius 2 is 2.06 bits per heavy atom. The van der Waals surface area contributed by atoms with Crippen LogP contribution in [0.4, 0.5) is 15.9 Å². The van der Waals surface area contributed by atoms with Crippen LogP contribution in [-0.2, 0) is 4.79 Å². The van der Waals surface area contributed by atoms with Gasteiger partial charge in [0.15, 0.2) is 17.3 Å². The number of anilines is 2. The first kappa shape index (κ1) is 22.6. The molecule has 1 saturated heterocycles. The van der Waals surface area contributed by atoms with Gasteiger partial charge in [-0.25, -0.2) is 14.4 Å². The summed E-state index contributed by atoms with van der Waals surface area (Å²) in [5.41, 5.74) is 0.807. The molecule has 2 atom stereocenters. The summed E-state index contributed by atoms with van der Waals surface area (Å²) in [6.45, 7) is 0.605. The van der Waals surface area contributed by atoms with Crippen LogP contribution < -0.4 is 20.1 Å². The summed E-state index contributed by atoms with van der Waals surface area (Å²) in [6, 6.07) is 8.32. The van der Waals surface area contributed by atoms with E-state index in [0.717, 1.165) is 12.8 Å². The van der Waals surface area contributed by atoms with Gasteiger partial charge in [-0.3, -0.25) is 9.69 Å². The van der Waals surface area contributed by atoms with Crippen LogP contribution >= 0.6 is 11.6 Å². The lowest BCUT2D eigenvalue weighted by atomic mass is 10.1. The SMILES string of the molecule is COc1cc2ncnc(Nc3cccc(Cl)c3F)c2cc1O[C@H]1C[C@H](C(=O)NC2CC2)N(C)C1. The molecule has 34 heavy (non-hydrogen) atoms. The summed E-state index contributed by atoms with van der Waals surface area (Å²) < 4.78 is 26.3. The topological polar surface area (TPSA) is 88.6 Å². The second-order valence-corrected chi connectivity index (χ2v) is 9.09. The molecule has 1 aliphatic heterocycles. The van der Waals surface area contributed by atoms with Gasteiger partial charge in [-0.1, -0.05) is 17.7 Å². The van der Waals surface area contributed by atoms with E-state index in [1.807, 2.05) is 11.9 Å². The van der Waals surface area contributed by atoms with Crippen LogP contribution in [0.5, 0.6) is 11.5 Å². The Morgan fingerprint density at radius 3 is 2.82 bits per heavy atom. The third-order valence-electron chi connectivity index (χ3n) is 6.16. The maximum Gasteiger partial charge on any atom is 0.237 e. The Balaban J connectivity index is 1.41. The van der Waals surface area contributed by atoms with E-state index in [1.54, 1.807) is 31.4 Å². The number of nitrogens with zero attached hydrogens (tertiary/aromatic N) is 3. The zero-order valence-electron chi connectivity index (χ0n) is 18.8. The first-order valence-corrected chi connectivity index (χ1v) is 11.5. The highest BCUT2D eigenvalue weighted by Crippen LogP contribution is 2.37. The van der Waals surface area contributed by atoms with Crippen molar-refractivity contribution >= 4 is 39.9 Å². The van der Waals surface area contributed by atoms with E-state index in [-0.39, 0.29) is 28.8 Å². The standard InChI is InChI=1S/C24H25ClFN5O3/c1-31-11-14(8-19(31)24(32)29-13-6-7-13)34-21-9-15-18(10-20(21)33-2)27-12-28-23(15)30-17-5-3-4-16(25)22(17)26/h3-5,9-10,12-14,19H,6-8,11H2,1-2H3,(H,29,32)(H,27,28,30)/t14-,19+/m0/s1. The zero-order chi connectivity index (χ0) is 23.8. The Hall–Kier alpha value is -3.17. The molecule has 0 unspecified atom stereocenters. The van der Waals surface area contributed by atoms with Gasteiger partial charge in [-0.15, -0.1) is 0 Å². The quantitative estimate of drug-likeness (QED) is 0.524. The average molecular weight is 486 g/mol. The predicted octanol–water partition coefficient (Wildman–Crippen LogP) is 3.90. The van der Waals surface area contributed by atoms with Crippen molar-refractivity contribution in [2.24, 2.45) is 0 Å². The second kappa shape index (κ2) is 9.23. The number of carbonyl (C=O) groups is 1. The minimum atomic E-state index is -0.564. The molecule has 0 radical (unpaired) electrons. The lowest BCUT2D eigenvalue weighted by molar-refractivity contribution is -0.125. The van der Waals surface area contributed by atoms with Gasteiger partial charge in [0, 0.05) is 30.5 Å². The molecule has 178 valence electrons. The minimum absolute atomic E-state index is 0.0136. The van der Waals surface area contributed by atoms with Gasteiger partial charge in [-0.05, 0) is 38.1 Å². The normalized spacial score (nSPS) is 20.4. The number of amides is 1. The van der Waals surface area contributed by atoms with E-state index in [9.17, 15) is 9.18 Å². The van der Waals surface area contributed by atoms with Crippen molar-refractivity contribution in [1.29, 1.82) is 0 Å². The van der Waals surface area contributed by atoms with Crippen molar-refractivity contribution in [3.05, 3.63) is 47.5 Å². The summed E-state index contributed by atoms with van der Waals surface area (Å²) in [7, 11) is 3.48. The lowest BCUT2D eigenvalue weighted by Gasteiger charge is -2.17. The molecule has 5 rings (SSSR count). The van der Waals surface area contributed by atoms with Gasteiger partial charge in [0.2, 0.25) is 5.91 Å². The van der Waals surface area contributed by atoms with Crippen LogP contribution in [0.25, 0.3) is 10.9 Å². The number of hydrogen-bond acceptors (Lipinski definition) is 7. The molecule has 2 fully saturated rings. The third-order valence-corrected chi connectivity index (χ3v) is 6.45. The van der Waals surface area contributed by atoms with Crippen molar-refractivity contribution < 1.29 is 18.7 Å². The highest BCUT2D eigenvalue weighted by atomic mass is 35.5. The van der Waals surface area contributed by atoms with Crippen LogP contribution in [-0.4, -0.2) is 59.7 Å². The summed E-state index contributed by atoms with van der Waals surface area (Å²) in [6.07, 6.45) is 3.86.